The number of carbonyl (C=O) groups excluding carboxylic acids is 1. The van der Waals surface area contributed by atoms with Gasteiger partial charge in [0.2, 0.25) is 5.91 Å². The van der Waals surface area contributed by atoms with Crippen molar-refractivity contribution in [2.24, 2.45) is 4.99 Å². The minimum absolute atomic E-state index is 0. The Morgan fingerprint density at radius 2 is 1.70 bits per heavy atom. The molecule has 0 aliphatic carbocycles. The van der Waals surface area contributed by atoms with Gasteiger partial charge in [-0.15, -0.1) is 24.0 Å². The van der Waals surface area contributed by atoms with Crippen molar-refractivity contribution in [2.75, 3.05) is 13.1 Å². The Kier molecular flexibility index (Phi) is 10.5. The topological polar surface area (TPSA) is 66.0 Å². The Balaban J connectivity index is 0.00000385. The first kappa shape index (κ1) is 27.0. The standard InChI is InChI=1S/C26H36N4O2.HI/c1-5-27-25(29-18-21-12-8-9-14-23(21)32-26(2,3)4)28-17-20-11-6-7-13-22(20)19-30-16-10-15-24(30)31;/h6-9,11-14H,5,10,15-19H2,1-4H3,(H2,27,28,29);1H. The maximum Gasteiger partial charge on any atom is 0.222 e. The Hall–Kier alpha value is -2.29. The molecule has 1 saturated heterocycles. The molecule has 0 saturated carbocycles. The van der Waals surface area contributed by atoms with Crippen LogP contribution < -0.4 is 15.4 Å². The van der Waals surface area contributed by atoms with Crippen LogP contribution in [0.25, 0.3) is 0 Å². The second-order valence-electron chi connectivity index (χ2n) is 9.06. The highest BCUT2D eigenvalue weighted by atomic mass is 127. The van der Waals surface area contributed by atoms with Crippen LogP contribution in [0.1, 0.15) is 57.2 Å². The van der Waals surface area contributed by atoms with E-state index in [1.165, 1.54) is 11.1 Å². The van der Waals surface area contributed by atoms with Gasteiger partial charge in [-0.25, -0.2) is 4.99 Å². The first-order valence-corrected chi connectivity index (χ1v) is 11.5. The highest BCUT2D eigenvalue weighted by Gasteiger charge is 2.21. The zero-order valence-electron chi connectivity index (χ0n) is 20.2. The van der Waals surface area contributed by atoms with Crippen LogP contribution in [0, 0.1) is 0 Å². The molecule has 0 unspecified atom stereocenters. The number of carbonyl (C=O) groups is 1. The molecule has 0 atom stereocenters. The molecule has 0 aromatic heterocycles. The van der Waals surface area contributed by atoms with Gasteiger partial charge in [0, 0.05) is 38.2 Å². The fraction of sp³-hybridized carbons (Fsp3) is 0.462. The SMILES string of the molecule is CCNC(=NCc1ccccc1OC(C)(C)C)NCc1ccccc1CN1CCCC1=O.I. The van der Waals surface area contributed by atoms with Gasteiger partial charge in [-0.3, -0.25) is 4.79 Å². The van der Waals surface area contributed by atoms with E-state index in [1.807, 2.05) is 56.0 Å². The molecule has 1 aliphatic heterocycles. The average Bonchev–Trinajstić information content (AvgIpc) is 3.15. The van der Waals surface area contributed by atoms with Crippen LogP contribution in [0.15, 0.2) is 53.5 Å². The van der Waals surface area contributed by atoms with Gasteiger partial charge in [0.15, 0.2) is 5.96 Å². The third kappa shape index (κ3) is 8.53. The summed E-state index contributed by atoms with van der Waals surface area (Å²) in [4.78, 5) is 18.8. The molecule has 6 nitrogen and oxygen atoms in total. The number of para-hydroxylation sites is 1. The molecular formula is C26H37IN4O2. The number of nitrogens with zero attached hydrogens (tertiary/aromatic N) is 2. The predicted octanol–water partition coefficient (Wildman–Crippen LogP) is 4.86. The molecule has 1 fully saturated rings. The van der Waals surface area contributed by atoms with Crippen molar-refractivity contribution in [3.63, 3.8) is 0 Å². The molecule has 2 aromatic rings. The van der Waals surface area contributed by atoms with Crippen LogP contribution in [0.5, 0.6) is 5.75 Å². The number of aliphatic imine (C=N–C) groups is 1. The molecule has 2 aromatic carbocycles. The van der Waals surface area contributed by atoms with Gasteiger partial charge in [-0.1, -0.05) is 42.5 Å². The van der Waals surface area contributed by atoms with Gasteiger partial charge < -0.3 is 20.3 Å². The van der Waals surface area contributed by atoms with Crippen LogP contribution in [0.3, 0.4) is 0 Å². The van der Waals surface area contributed by atoms with Gasteiger partial charge in [0.1, 0.15) is 11.4 Å². The van der Waals surface area contributed by atoms with E-state index in [2.05, 4.69) is 35.8 Å². The lowest BCUT2D eigenvalue weighted by molar-refractivity contribution is -0.128. The number of nitrogens with one attached hydrogen (secondary N) is 2. The lowest BCUT2D eigenvalue weighted by Crippen LogP contribution is -2.37. The maximum atomic E-state index is 12.0. The minimum atomic E-state index is -0.261. The third-order valence-electron chi connectivity index (χ3n) is 5.24. The van der Waals surface area contributed by atoms with Crippen molar-refractivity contribution in [3.8, 4) is 5.75 Å². The Labute approximate surface area is 215 Å². The van der Waals surface area contributed by atoms with Crippen LogP contribution in [0.4, 0.5) is 0 Å². The van der Waals surface area contributed by atoms with Gasteiger partial charge in [-0.2, -0.15) is 0 Å². The summed E-state index contributed by atoms with van der Waals surface area (Å²) in [5, 5.41) is 6.77. The monoisotopic (exact) mass is 564 g/mol. The Morgan fingerprint density at radius 1 is 1.03 bits per heavy atom. The summed E-state index contributed by atoms with van der Waals surface area (Å²) >= 11 is 0. The van der Waals surface area contributed by atoms with Crippen LogP contribution in [-0.2, 0) is 24.4 Å². The highest BCUT2D eigenvalue weighted by Crippen LogP contribution is 2.23. The zero-order valence-corrected chi connectivity index (χ0v) is 22.5. The smallest absolute Gasteiger partial charge is 0.222 e. The molecule has 1 heterocycles. The second-order valence-corrected chi connectivity index (χ2v) is 9.06. The van der Waals surface area contributed by atoms with Crippen molar-refractivity contribution in [1.29, 1.82) is 0 Å². The van der Waals surface area contributed by atoms with Crippen molar-refractivity contribution >= 4 is 35.8 Å². The molecule has 0 spiro atoms. The molecule has 0 bridgehead atoms. The van der Waals surface area contributed by atoms with E-state index in [9.17, 15) is 4.79 Å². The largest absolute Gasteiger partial charge is 0.488 e. The first-order chi connectivity index (χ1) is 15.4. The summed E-state index contributed by atoms with van der Waals surface area (Å²) in [6.45, 7) is 11.7. The lowest BCUT2D eigenvalue weighted by atomic mass is 10.1. The normalized spacial score (nSPS) is 14.1. The molecule has 1 aliphatic rings. The Bertz CT molecular complexity index is 940. The highest BCUT2D eigenvalue weighted by molar-refractivity contribution is 14.0. The van der Waals surface area contributed by atoms with E-state index < -0.39 is 0 Å². The van der Waals surface area contributed by atoms with Gasteiger partial charge in [0.25, 0.3) is 0 Å². The number of amides is 1. The summed E-state index contributed by atoms with van der Waals surface area (Å²) in [5.41, 5.74) is 3.14. The molecular weight excluding hydrogens is 527 g/mol. The quantitative estimate of drug-likeness (QED) is 0.273. The number of benzene rings is 2. The summed E-state index contributed by atoms with van der Waals surface area (Å²) in [5.74, 6) is 1.86. The maximum absolute atomic E-state index is 12.0. The van der Waals surface area contributed by atoms with E-state index in [0.717, 1.165) is 36.8 Å². The molecule has 3 rings (SSSR count). The van der Waals surface area contributed by atoms with Gasteiger partial charge in [-0.05, 0) is 51.3 Å². The van der Waals surface area contributed by atoms with Gasteiger partial charge >= 0.3 is 0 Å². The van der Waals surface area contributed by atoms with E-state index in [-0.39, 0.29) is 35.5 Å². The van der Waals surface area contributed by atoms with E-state index in [0.29, 0.717) is 26.1 Å². The van der Waals surface area contributed by atoms with Crippen molar-refractivity contribution in [3.05, 3.63) is 65.2 Å². The number of guanidine groups is 1. The number of likely N-dealkylation sites (tertiary alicyclic amines) is 1. The fourth-order valence-corrected chi connectivity index (χ4v) is 3.71. The van der Waals surface area contributed by atoms with Crippen molar-refractivity contribution in [2.45, 2.75) is 65.8 Å². The summed E-state index contributed by atoms with van der Waals surface area (Å²) < 4.78 is 6.10. The molecule has 0 radical (unpaired) electrons. The fourth-order valence-electron chi connectivity index (χ4n) is 3.71. The third-order valence-corrected chi connectivity index (χ3v) is 5.24. The average molecular weight is 565 g/mol. The van der Waals surface area contributed by atoms with E-state index in [4.69, 9.17) is 9.73 Å². The molecule has 33 heavy (non-hydrogen) atoms. The number of hydrogen-bond acceptors (Lipinski definition) is 3. The lowest BCUT2D eigenvalue weighted by Gasteiger charge is -2.23. The molecule has 180 valence electrons. The minimum Gasteiger partial charge on any atom is -0.488 e. The number of halogens is 1. The first-order valence-electron chi connectivity index (χ1n) is 11.5. The predicted molar refractivity (Wildman–Crippen MR) is 145 cm³/mol. The summed E-state index contributed by atoms with van der Waals surface area (Å²) in [6, 6.07) is 16.3. The van der Waals surface area contributed by atoms with E-state index in [1.54, 1.807) is 0 Å². The molecule has 2 N–H and O–H groups in total. The number of ether oxygens (including phenoxy) is 1. The van der Waals surface area contributed by atoms with Crippen LogP contribution >= 0.6 is 24.0 Å². The second kappa shape index (κ2) is 12.8. The van der Waals surface area contributed by atoms with Crippen molar-refractivity contribution < 1.29 is 9.53 Å². The van der Waals surface area contributed by atoms with Crippen molar-refractivity contribution in [1.82, 2.24) is 15.5 Å². The summed E-state index contributed by atoms with van der Waals surface area (Å²) in [6.07, 6.45) is 1.62. The van der Waals surface area contributed by atoms with E-state index >= 15 is 0 Å². The number of hydrogen-bond donors (Lipinski definition) is 2. The van der Waals surface area contributed by atoms with Crippen LogP contribution in [0.2, 0.25) is 0 Å². The van der Waals surface area contributed by atoms with Gasteiger partial charge in [0.05, 0.1) is 6.54 Å². The Morgan fingerprint density at radius 3 is 2.33 bits per heavy atom. The number of rotatable bonds is 8. The van der Waals surface area contributed by atoms with Crippen LogP contribution in [-0.4, -0.2) is 35.5 Å². The summed E-state index contributed by atoms with van der Waals surface area (Å²) in [7, 11) is 0. The molecule has 1 amide bonds. The zero-order chi connectivity index (χ0) is 23.0. The molecule has 7 heteroatoms.